The van der Waals surface area contributed by atoms with E-state index in [-0.39, 0.29) is 22.3 Å². The lowest BCUT2D eigenvalue weighted by Crippen LogP contribution is -2.46. The largest absolute Gasteiger partial charge is 0.332 e. The zero-order valence-electron chi connectivity index (χ0n) is 33.1. The fourth-order valence-electron chi connectivity index (χ4n) is 12.1. The molecule has 1 aromatic heterocycles. The summed E-state index contributed by atoms with van der Waals surface area (Å²) in [6, 6.07) is 59.3. The predicted octanol–water partition coefficient (Wildman–Crippen LogP) is 13.8. The monoisotopic (exact) mass is 732 g/mol. The van der Waals surface area contributed by atoms with E-state index >= 15 is 0 Å². The molecule has 0 radical (unpaired) electrons. The molecule has 57 heavy (non-hydrogen) atoms. The summed E-state index contributed by atoms with van der Waals surface area (Å²) in [5.41, 5.74) is 20.8. The van der Waals surface area contributed by atoms with Gasteiger partial charge >= 0.3 is 0 Å². The Labute approximate surface area is 335 Å². The lowest BCUT2D eigenvalue weighted by molar-refractivity contribution is 0.443. The highest BCUT2D eigenvalue weighted by Crippen LogP contribution is 2.64. The molecule has 4 aliphatic rings. The van der Waals surface area contributed by atoms with Gasteiger partial charge in [-0.15, -0.1) is 0 Å². The van der Waals surface area contributed by atoms with E-state index in [9.17, 15) is 0 Å². The number of benzene rings is 7. The van der Waals surface area contributed by atoms with Crippen molar-refractivity contribution < 1.29 is 0 Å². The Morgan fingerprint density at radius 1 is 0.439 bits per heavy atom. The molecule has 3 aliphatic carbocycles. The normalized spacial score (nSPS) is 20.4. The van der Waals surface area contributed by atoms with E-state index in [0.29, 0.717) is 0 Å². The molecule has 2 unspecified atom stereocenters. The van der Waals surface area contributed by atoms with Gasteiger partial charge in [-0.2, -0.15) is 0 Å². The Bertz CT molecular complexity index is 3110. The number of allylic oxidation sites excluding steroid dienone is 2. The number of nitrogens with zero attached hydrogens (tertiary/aromatic N) is 2. The molecule has 0 saturated heterocycles. The van der Waals surface area contributed by atoms with Crippen molar-refractivity contribution in [2.45, 2.75) is 56.9 Å². The van der Waals surface area contributed by atoms with Crippen LogP contribution in [0.3, 0.4) is 0 Å². The number of aromatic nitrogens is 1. The zero-order valence-corrected chi connectivity index (χ0v) is 33.1. The number of anilines is 2. The van der Waals surface area contributed by atoms with Gasteiger partial charge in [-0.3, -0.25) is 0 Å². The summed E-state index contributed by atoms with van der Waals surface area (Å²) in [6.45, 7) is 12.2. The van der Waals surface area contributed by atoms with Crippen LogP contribution in [0.5, 0.6) is 0 Å². The summed E-state index contributed by atoms with van der Waals surface area (Å²) in [5, 5.41) is 2.65. The van der Waals surface area contributed by atoms with Crippen LogP contribution in [0.4, 0.5) is 11.4 Å². The SMILES string of the molecule is CC1(C)C2=C(C=CC3N(c4ccccc4-c4ccccc4-n4c5ccccc5c5c6c(ccc54)-c4ccccc4C6(C)C)c4ccccc4C23C)c2ccccc21. The molecule has 0 fully saturated rings. The first-order valence-corrected chi connectivity index (χ1v) is 20.5. The van der Waals surface area contributed by atoms with E-state index in [1.54, 1.807) is 0 Å². The summed E-state index contributed by atoms with van der Waals surface area (Å²) < 4.78 is 2.54. The molecular weight excluding hydrogens is 689 g/mol. The Hall–Kier alpha value is -6.38. The van der Waals surface area contributed by atoms with Crippen molar-refractivity contribution in [2.24, 2.45) is 0 Å². The van der Waals surface area contributed by atoms with Crippen LogP contribution < -0.4 is 4.90 Å². The standard InChI is InChI=1S/C55H44N2/c1-53(2)41-23-11-6-18-34(41)38-30-32-48-50(51(38)53)40-22-10-16-28-46(40)56(48)44-26-14-8-20-36(44)37-21-9-15-27-45(37)57-47-29-17-13-25-43(47)55(5)49(57)33-31-39-35-19-7-12-24-42(35)54(3,4)52(39)55/h6-33,49H,1-5H3. The number of hydrogen-bond donors (Lipinski definition) is 0. The lowest BCUT2D eigenvalue weighted by Gasteiger charge is -2.44. The minimum Gasteiger partial charge on any atom is -0.332 e. The fourth-order valence-corrected chi connectivity index (χ4v) is 12.1. The van der Waals surface area contributed by atoms with E-state index < -0.39 is 0 Å². The zero-order chi connectivity index (χ0) is 38.4. The third-order valence-corrected chi connectivity index (χ3v) is 14.3. The minimum atomic E-state index is -0.229. The van der Waals surface area contributed by atoms with Crippen molar-refractivity contribution in [3.05, 3.63) is 203 Å². The summed E-state index contributed by atoms with van der Waals surface area (Å²) in [5.74, 6) is 0. The molecule has 7 aromatic carbocycles. The van der Waals surface area contributed by atoms with Gasteiger partial charge in [0.05, 0.1) is 22.8 Å². The molecule has 0 saturated carbocycles. The molecule has 8 aromatic rings. The van der Waals surface area contributed by atoms with Crippen LogP contribution in [0, 0.1) is 0 Å². The predicted molar refractivity (Wildman–Crippen MR) is 239 cm³/mol. The Morgan fingerprint density at radius 3 is 1.75 bits per heavy atom. The van der Waals surface area contributed by atoms with Crippen LogP contribution in [0.2, 0.25) is 0 Å². The van der Waals surface area contributed by atoms with Crippen LogP contribution in [-0.4, -0.2) is 10.6 Å². The average Bonchev–Trinajstić information content (AvgIpc) is 3.87. The van der Waals surface area contributed by atoms with Crippen molar-refractivity contribution in [2.75, 3.05) is 4.90 Å². The maximum absolute atomic E-state index is 2.65. The molecule has 1 aliphatic heterocycles. The van der Waals surface area contributed by atoms with Crippen molar-refractivity contribution >= 4 is 38.8 Å². The van der Waals surface area contributed by atoms with E-state index in [0.717, 1.165) is 0 Å². The number of hydrogen-bond acceptors (Lipinski definition) is 1. The summed E-state index contributed by atoms with van der Waals surface area (Å²) in [4.78, 5) is 2.65. The molecule has 0 bridgehead atoms. The van der Waals surface area contributed by atoms with Gasteiger partial charge in [0.1, 0.15) is 0 Å². The highest BCUT2D eigenvalue weighted by Gasteiger charge is 2.57. The van der Waals surface area contributed by atoms with E-state index in [1.807, 2.05) is 0 Å². The molecule has 0 amide bonds. The Morgan fingerprint density at radius 2 is 1.00 bits per heavy atom. The van der Waals surface area contributed by atoms with Crippen molar-refractivity contribution in [3.8, 4) is 27.9 Å². The highest BCUT2D eigenvalue weighted by molar-refractivity contribution is 6.15. The van der Waals surface area contributed by atoms with Crippen molar-refractivity contribution in [3.63, 3.8) is 0 Å². The molecule has 2 heterocycles. The Kier molecular flexibility index (Phi) is 6.41. The number of para-hydroxylation sites is 4. The van der Waals surface area contributed by atoms with Gasteiger partial charge < -0.3 is 9.47 Å². The van der Waals surface area contributed by atoms with Gasteiger partial charge in [0, 0.05) is 49.5 Å². The van der Waals surface area contributed by atoms with E-state index in [1.165, 1.54) is 100 Å². The van der Waals surface area contributed by atoms with Crippen molar-refractivity contribution in [1.82, 2.24) is 4.57 Å². The van der Waals surface area contributed by atoms with Crippen LogP contribution in [0.1, 0.15) is 62.4 Å². The van der Waals surface area contributed by atoms with Gasteiger partial charge in [0.15, 0.2) is 0 Å². The summed E-state index contributed by atoms with van der Waals surface area (Å²) in [6.07, 6.45) is 4.92. The van der Waals surface area contributed by atoms with Crippen LogP contribution in [0.15, 0.2) is 175 Å². The van der Waals surface area contributed by atoms with E-state index in [4.69, 9.17) is 0 Å². The molecule has 2 heteroatoms. The second kappa shape index (κ2) is 11.1. The van der Waals surface area contributed by atoms with Crippen LogP contribution >= 0.6 is 0 Å². The van der Waals surface area contributed by atoms with Gasteiger partial charge in [0.25, 0.3) is 0 Å². The van der Waals surface area contributed by atoms with Crippen LogP contribution in [0.25, 0.3) is 55.3 Å². The molecule has 2 nitrogen and oxygen atoms in total. The van der Waals surface area contributed by atoms with E-state index in [2.05, 4.69) is 214 Å². The van der Waals surface area contributed by atoms with Gasteiger partial charge in [0.2, 0.25) is 0 Å². The third-order valence-electron chi connectivity index (χ3n) is 14.3. The molecule has 0 N–H and O–H groups in total. The molecule has 12 rings (SSSR count). The molecule has 274 valence electrons. The summed E-state index contributed by atoms with van der Waals surface area (Å²) in [7, 11) is 0. The Balaban J connectivity index is 1.08. The number of rotatable bonds is 3. The van der Waals surface area contributed by atoms with Gasteiger partial charge in [-0.25, -0.2) is 0 Å². The topological polar surface area (TPSA) is 8.17 Å². The van der Waals surface area contributed by atoms with Gasteiger partial charge in [-0.05, 0) is 87.3 Å². The fraction of sp³-hybridized carbons (Fsp3) is 0.164. The quantitative estimate of drug-likeness (QED) is 0.176. The first-order chi connectivity index (χ1) is 27.7. The minimum absolute atomic E-state index is 0.106. The lowest BCUT2D eigenvalue weighted by atomic mass is 9.61. The first-order valence-electron chi connectivity index (χ1n) is 20.5. The smallest absolute Gasteiger partial charge is 0.0658 e. The number of fused-ring (bicyclic) bond motifs is 13. The maximum Gasteiger partial charge on any atom is 0.0658 e. The second-order valence-corrected chi connectivity index (χ2v) is 17.8. The second-order valence-electron chi connectivity index (χ2n) is 17.8. The third kappa shape index (κ3) is 4.00. The molecular formula is C55H44N2. The summed E-state index contributed by atoms with van der Waals surface area (Å²) >= 11 is 0. The molecule has 2 atom stereocenters. The first kappa shape index (κ1) is 32.8. The van der Waals surface area contributed by atoms with Crippen molar-refractivity contribution in [1.29, 1.82) is 0 Å². The molecule has 0 spiro atoms. The average molecular weight is 733 g/mol. The maximum atomic E-state index is 2.65. The highest BCUT2D eigenvalue weighted by atomic mass is 15.2. The van der Waals surface area contributed by atoms with Crippen LogP contribution in [-0.2, 0) is 16.2 Å². The van der Waals surface area contributed by atoms with Gasteiger partial charge in [-0.1, -0.05) is 167 Å².